The van der Waals surface area contributed by atoms with Crippen LogP contribution < -0.4 is 10.1 Å². The summed E-state index contributed by atoms with van der Waals surface area (Å²) in [6.07, 6.45) is 1.51. The number of benzene rings is 2. The summed E-state index contributed by atoms with van der Waals surface area (Å²) in [7, 11) is 1.64. The van der Waals surface area contributed by atoms with Crippen molar-refractivity contribution in [2.75, 3.05) is 12.4 Å². The average molecular weight is 359 g/mol. The maximum absolute atomic E-state index is 6.22. The van der Waals surface area contributed by atoms with Crippen molar-refractivity contribution in [1.82, 2.24) is 15.0 Å². The van der Waals surface area contributed by atoms with Gasteiger partial charge in [-0.05, 0) is 36.4 Å². The molecule has 0 saturated heterocycles. The first-order chi connectivity index (χ1) is 11.7. The van der Waals surface area contributed by atoms with Crippen LogP contribution in [-0.4, -0.2) is 22.1 Å². The third-order valence-corrected chi connectivity index (χ3v) is 4.33. The number of ether oxygens (including phenoxy) is 1. The highest BCUT2D eigenvalue weighted by Gasteiger charge is 2.12. The predicted molar refractivity (Wildman–Crippen MR) is 97.7 cm³/mol. The fourth-order valence-electron chi connectivity index (χ4n) is 2.61. The molecule has 0 atom stereocenters. The molecule has 0 unspecified atom stereocenters. The van der Waals surface area contributed by atoms with Gasteiger partial charge in [-0.15, -0.1) is 0 Å². The lowest BCUT2D eigenvalue weighted by Gasteiger charge is -2.08. The van der Waals surface area contributed by atoms with Gasteiger partial charge in [-0.3, -0.25) is 0 Å². The summed E-state index contributed by atoms with van der Waals surface area (Å²) in [5.74, 6) is 1.40. The largest absolute Gasteiger partial charge is 0.497 e. The van der Waals surface area contributed by atoms with Crippen LogP contribution in [-0.2, 0) is 0 Å². The van der Waals surface area contributed by atoms with Gasteiger partial charge >= 0.3 is 0 Å². The molecule has 0 radical (unpaired) electrons. The second-order valence-electron chi connectivity index (χ2n) is 5.23. The molecular formula is C17H12Cl2N4O. The molecule has 5 nitrogen and oxygen atoms in total. The van der Waals surface area contributed by atoms with Crippen LogP contribution in [0.3, 0.4) is 0 Å². The summed E-state index contributed by atoms with van der Waals surface area (Å²) in [6, 6.07) is 11.0. The maximum atomic E-state index is 6.22. The van der Waals surface area contributed by atoms with Gasteiger partial charge in [-0.2, -0.15) is 0 Å². The molecule has 0 aliphatic rings. The molecular weight excluding hydrogens is 347 g/mol. The minimum atomic E-state index is 0.559. The molecule has 0 fully saturated rings. The van der Waals surface area contributed by atoms with Crippen molar-refractivity contribution >= 4 is 56.6 Å². The Morgan fingerprint density at radius 1 is 1.08 bits per heavy atom. The third kappa shape index (κ3) is 2.52. The standard InChI is InChI=1S/C17H12Cl2N4O/c1-24-10-3-5-13-11(7-10)15-16(22-13)17(21-8-20-15)23-14-6-9(18)2-4-12(14)19/h2-8,22H,1H3,(H,20,21,23). The van der Waals surface area contributed by atoms with Crippen molar-refractivity contribution in [2.45, 2.75) is 0 Å². The summed E-state index contributed by atoms with van der Waals surface area (Å²) < 4.78 is 5.29. The van der Waals surface area contributed by atoms with E-state index in [2.05, 4.69) is 20.3 Å². The molecule has 2 N–H and O–H groups in total. The van der Waals surface area contributed by atoms with Crippen LogP contribution in [0.5, 0.6) is 5.75 Å². The Labute approximate surface area is 147 Å². The van der Waals surface area contributed by atoms with E-state index in [0.29, 0.717) is 21.6 Å². The van der Waals surface area contributed by atoms with Crippen molar-refractivity contribution in [2.24, 2.45) is 0 Å². The molecule has 7 heteroatoms. The van der Waals surface area contributed by atoms with Crippen molar-refractivity contribution in [3.05, 3.63) is 52.8 Å². The summed E-state index contributed by atoms with van der Waals surface area (Å²) in [5, 5.41) is 5.33. The van der Waals surface area contributed by atoms with E-state index in [1.54, 1.807) is 25.3 Å². The van der Waals surface area contributed by atoms with E-state index < -0.39 is 0 Å². The van der Waals surface area contributed by atoms with E-state index in [-0.39, 0.29) is 0 Å². The number of nitrogens with one attached hydrogen (secondary N) is 2. The van der Waals surface area contributed by atoms with Gasteiger partial charge in [0.15, 0.2) is 5.82 Å². The first-order valence-corrected chi connectivity index (χ1v) is 7.94. The van der Waals surface area contributed by atoms with Crippen LogP contribution in [0, 0.1) is 0 Å². The molecule has 2 aromatic carbocycles. The van der Waals surface area contributed by atoms with Crippen molar-refractivity contribution < 1.29 is 4.74 Å². The van der Waals surface area contributed by atoms with Crippen molar-refractivity contribution in [3.63, 3.8) is 0 Å². The third-order valence-electron chi connectivity index (χ3n) is 3.77. The fraction of sp³-hybridized carbons (Fsp3) is 0.0588. The van der Waals surface area contributed by atoms with Crippen LogP contribution in [0.4, 0.5) is 11.5 Å². The Balaban J connectivity index is 1.88. The van der Waals surface area contributed by atoms with E-state index in [9.17, 15) is 0 Å². The number of hydrogen-bond acceptors (Lipinski definition) is 4. The molecule has 0 bridgehead atoms. The molecule has 0 saturated carbocycles. The Bertz CT molecular complexity index is 1060. The second kappa shape index (κ2) is 5.85. The van der Waals surface area contributed by atoms with Gasteiger partial charge in [-0.1, -0.05) is 23.2 Å². The predicted octanol–water partition coefficient (Wildman–Crippen LogP) is 5.17. The summed E-state index contributed by atoms with van der Waals surface area (Å²) in [6.45, 7) is 0. The molecule has 0 aliphatic carbocycles. The minimum Gasteiger partial charge on any atom is -0.497 e. The van der Waals surface area contributed by atoms with Crippen LogP contribution in [0.25, 0.3) is 21.9 Å². The first-order valence-electron chi connectivity index (χ1n) is 7.18. The highest BCUT2D eigenvalue weighted by molar-refractivity contribution is 6.35. The highest BCUT2D eigenvalue weighted by atomic mass is 35.5. The second-order valence-corrected chi connectivity index (χ2v) is 6.08. The SMILES string of the molecule is COc1ccc2[nH]c3c(Nc4cc(Cl)ccc4Cl)ncnc3c2c1. The van der Waals surface area contributed by atoms with E-state index in [0.717, 1.165) is 27.7 Å². The minimum absolute atomic E-state index is 0.559. The number of fused-ring (bicyclic) bond motifs is 3. The molecule has 24 heavy (non-hydrogen) atoms. The smallest absolute Gasteiger partial charge is 0.158 e. The van der Waals surface area contributed by atoms with Gasteiger partial charge in [0, 0.05) is 15.9 Å². The topological polar surface area (TPSA) is 62.8 Å². The van der Waals surface area contributed by atoms with Crippen molar-refractivity contribution in [3.8, 4) is 5.75 Å². The number of nitrogens with zero attached hydrogens (tertiary/aromatic N) is 2. The van der Waals surface area contributed by atoms with Gasteiger partial charge in [0.25, 0.3) is 0 Å². The van der Waals surface area contributed by atoms with E-state index in [4.69, 9.17) is 27.9 Å². The molecule has 4 aromatic rings. The number of hydrogen-bond donors (Lipinski definition) is 2. The Kier molecular flexibility index (Phi) is 3.67. The lowest BCUT2D eigenvalue weighted by Crippen LogP contribution is -1.96. The van der Waals surface area contributed by atoms with Gasteiger partial charge in [0.1, 0.15) is 23.1 Å². The van der Waals surface area contributed by atoms with E-state index in [1.807, 2.05) is 18.2 Å². The summed E-state index contributed by atoms with van der Waals surface area (Å²) >= 11 is 12.3. The van der Waals surface area contributed by atoms with Crippen LogP contribution >= 0.6 is 23.2 Å². The van der Waals surface area contributed by atoms with Gasteiger partial charge < -0.3 is 15.0 Å². The van der Waals surface area contributed by atoms with Crippen LogP contribution in [0.2, 0.25) is 10.0 Å². The van der Waals surface area contributed by atoms with E-state index in [1.165, 1.54) is 6.33 Å². The maximum Gasteiger partial charge on any atom is 0.158 e. The zero-order valence-electron chi connectivity index (χ0n) is 12.6. The quantitative estimate of drug-likeness (QED) is 0.530. The van der Waals surface area contributed by atoms with Crippen molar-refractivity contribution in [1.29, 1.82) is 0 Å². The number of aromatic nitrogens is 3. The van der Waals surface area contributed by atoms with Crippen LogP contribution in [0.1, 0.15) is 0 Å². The molecule has 2 aromatic heterocycles. The zero-order chi connectivity index (χ0) is 16.7. The lowest BCUT2D eigenvalue weighted by molar-refractivity contribution is 0.415. The van der Waals surface area contributed by atoms with Gasteiger partial charge in [0.05, 0.1) is 17.8 Å². The number of H-pyrrole nitrogens is 1. The normalized spacial score (nSPS) is 11.1. The molecule has 0 aliphatic heterocycles. The molecule has 0 spiro atoms. The number of aromatic amines is 1. The van der Waals surface area contributed by atoms with E-state index >= 15 is 0 Å². The highest BCUT2D eigenvalue weighted by Crippen LogP contribution is 2.33. The molecule has 0 amide bonds. The fourth-order valence-corrected chi connectivity index (χ4v) is 2.95. The number of anilines is 2. The molecule has 4 rings (SSSR count). The zero-order valence-corrected chi connectivity index (χ0v) is 14.1. The Morgan fingerprint density at radius 3 is 2.79 bits per heavy atom. The Morgan fingerprint density at radius 2 is 1.96 bits per heavy atom. The van der Waals surface area contributed by atoms with Gasteiger partial charge in [0.2, 0.25) is 0 Å². The monoisotopic (exact) mass is 358 g/mol. The summed E-state index contributed by atoms with van der Waals surface area (Å²) in [5.41, 5.74) is 3.23. The lowest BCUT2D eigenvalue weighted by atomic mass is 10.2. The molecule has 2 heterocycles. The van der Waals surface area contributed by atoms with Crippen LogP contribution in [0.15, 0.2) is 42.7 Å². The first kappa shape index (κ1) is 15.1. The molecule has 120 valence electrons. The summed E-state index contributed by atoms with van der Waals surface area (Å²) in [4.78, 5) is 12.0. The number of rotatable bonds is 3. The Hall–Kier alpha value is -2.50. The van der Waals surface area contributed by atoms with Gasteiger partial charge in [-0.25, -0.2) is 9.97 Å². The number of methoxy groups -OCH3 is 1. The average Bonchev–Trinajstić information content (AvgIpc) is 2.97. The number of halogens is 2.